The molecule has 1 nitrogen and oxygen atoms in total. The second kappa shape index (κ2) is 5.41. The highest BCUT2D eigenvalue weighted by Gasteiger charge is 2.31. The van der Waals surface area contributed by atoms with E-state index >= 15 is 0 Å². The zero-order valence-electron chi connectivity index (χ0n) is 13.5. The van der Waals surface area contributed by atoms with Crippen molar-refractivity contribution in [3.05, 3.63) is 53.2 Å². The molecule has 1 aromatic heterocycles. The summed E-state index contributed by atoms with van der Waals surface area (Å²) in [6, 6.07) is 7.75. The van der Waals surface area contributed by atoms with E-state index in [-0.39, 0.29) is 5.41 Å². The van der Waals surface area contributed by atoms with E-state index in [1.165, 1.54) is 12.1 Å². The van der Waals surface area contributed by atoms with Crippen molar-refractivity contribution in [2.24, 2.45) is 7.05 Å². The van der Waals surface area contributed by atoms with Crippen molar-refractivity contribution in [3.8, 4) is 11.3 Å². The Kier molecular flexibility index (Phi) is 4.07. The van der Waals surface area contributed by atoms with E-state index in [1.54, 1.807) is 0 Å². The summed E-state index contributed by atoms with van der Waals surface area (Å²) in [5.41, 5.74) is 2.73. The van der Waals surface area contributed by atoms with Gasteiger partial charge in [0.1, 0.15) is 7.05 Å². The zero-order chi connectivity index (χ0) is 16.7. The summed E-state index contributed by atoms with van der Waals surface area (Å²) in [5, 5.41) is 0. The second-order valence-electron chi connectivity index (χ2n) is 6.69. The first-order valence-corrected chi connectivity index (χ1v) is 7.18. The Morgan fingerprint density at radius 2 is 1.50 bits per heavy atom. The minimum atomic E-state index is -4.33. The minimum Gasteiger partial charge on any atom is -0.201 e. The molecule has 0 radical (unpaired) electrons. The zero-order valence-corrected chi connectivity index (χ0v) is 13.5. The Labute approximate surface area is 129 Å². The minimum absolute atomic E-state index is 0.000841. The lowest BCUT2D eigenvalue weighted by atomic mass is 9.88. The van der Waals surface area contributed by atoms with Crippen LogP contribution in [0.15, 0.2) is 36.5 Å². The van der Waals surface area contributed by atoms with Crippen molar-refractivity contribution < 1.29 is 17.7 Å². The highest BCUT2D eigenvalue weighted by atomic mass is 19.4. The maximum absolute atomic E-state index is 12.9. The van der Waals surface area contributed by atoms with Gasteiger partial charge in [0, 0.05) is 17.2 Å². The molecule has 0 spiro atoms. The van der Waals surface area contributed by atoms with Crippen molar-refractivity contribution >= 4 is 0 Å². The van der Waals surface area contributed by atoms with Crippen LogP contribution in [0.3, 0.4) is 0 Å². The molecule has 0 atom stereocenters. The summed E-state index contributed by atoms with van der Waals surface area (Å²) >= 11 is 0. The molecule has 118 valence electrons. The molecule has 0 fully saturated rings. The number of aryl methyl sites for hydroxylation is 2. The number of rotatable bonds is 1. The number of nitrogens with zero attached hydrogens (tertiary/aromatic N) is 1. The van der Waals surface area contributed by atoms with Crippen LogP contribution < -0.4 is 4.57 Å². The molecule has 22 heavy (non-hydrogen) atoms. The van der Waals surface area contributed by atoms with Crippen LogP contribution in [0.1, 0.15) is 37.5 Å². The Balaban J connectivity index is 2.57. The molecule has 0 saturated heterocycles. The molecule has 0 unspecified atom stereocenters. The molecule has 2 aromatic rings. The third-order valence-electron chi connectivity index (χ3n) is 3.84. The molecule has 0 N–H and O–H groups in total. The average Bonchev–Trinajstić information content (AvgIpc) is 2.37. The number of halogens is 3. The van der Waals surface area contributed by atoms with Crippen LogP contribution in [0.2, 0.25) is 0 Å². The first-order valence-electron chi connectivity index (χ1n) is 7.18. The van der Waals surface area contributed by atoms with E-state index in [1.807, 2.05) is 36.9 Å². The average molecular weight is 308 g/mol. The van der Waals surface area contributed by atoms with Crippen LogP contribution in [0.5, 0.6) is 0 Å². The van der Waals surface area contributed by atoms with E-state index in [0.29, 0.717) is 5.56 Å². The number of hydrogen-bond donors (Lipinski definition) is 0. The monoisotopic (exact) mass is 308 g/mol. The van der Waals surface area contributed by atoms with Gasteiger partial charge in [-0.1, -0.05) is 26.8 Å². The van der Waals surface area contributed by atoms with Gasteiger partial charge < -0.3 is 0 Å². The van der Waals surface area contributed by atoms with E-state index in [2.05, 4.69) is 20.8 Å². The molecule has 0 amide bonds. The SMILES string of the molecule is Cc1ccc(C(F)(F)F)cc1-c1ccc(C(C)(C)C)c[n+]1C. The predicted octanol–water partition coefficient (Wildman–Crippen LogP) is 4.80. The van der Waals surface area contributed by atoms with Crippen molar-refractivity contribution in [2.45, 2.75) is 39.3 Å². The molecule has 0 aliphatic carbocycles. The van der Waals surface area contributed by atoms with Crippen LogP contribution in [-0.4, -0.2) is 0 Å². The molecule has 0 aliphatic rings. The summed E-state index contributed by atoms with van der Waals surface area (Å²) in [5.74, 6) is 0. The molecule has 0 saturated carbocycles. The standard InChI is InChI=1S/C18H21F3N/c1-12-6-7-13(18(19,20)21)10-15(12)16-9-8-14(11-22(16)5)17(2,3)4/h6-11H,1-5H3/q+1. The summed E-state index contributed by atoms with van der Waals surface area (Å²) < 4.78 is 40.7. The highest BCUT2D eigenvalue weighted by Crippen LogP contribution is 2.33. The summed E-state index contributed by atoms with van der Waals surface area (Å²) in [4.78, 5) is 0. The van der Waals surface area contributed by atoms with Crippen LogP contribution >= 0.6 is 0 Å². The lowest BCUT2D eigenvalue weighted by Gasteiger charge is -2.18. The van der Waals surface area contributed by atoms with Crippen molar-refractivity contribution in [1.82, 2.24) is 0 Å². The number of hydrogen-bond acceptors (Lipinski definition) is 0. The predicted molar refractivity (Wildman–Crippen MR) is 81.5 cm³/mol. The third kappa shape index (κ3) is 3.32. The third-order valence-corrected chi connectivity index (χ3v) is 3.84. The molecular weight excluding hydrogens is 287 g/mol. The van der Waals surface area contributed by atoms with Gasteiger partial charge in [-0.3, -0.25) is 0 Å². The normalized spacial score (nSPS) is 12.5. The summed E-state index contributed by atoms with van der Waals surface area (Å²) in [6.45, 7) is 8.15. The van der Waals surface area contributed by atoms with Crippen molar-refractivity contribution in [2.75, 3.05) is 0 Å². The number of benzene rings is 1. The smallest absolute Gasteiger partial charge is 0.201 e. The van der Waals surface area contributed by atoms with Gasteiger partial charge >= 0.3 is 6.18 Å². The lowest BCUT2D eigenvalue weighted by molar-refractivity contribution is -0.661. The van der Waals surface area contributed by atoms with E-state index in [9.17, 15) is 13.2 Å². The Morgan fingerprint density at radius 1 is 0.909 bits per heavy atom. The second-order valence-corrected chi connectivity index (χ2v) is 6.69. The molecule has 4 heteroatoms. The van der Waals surface area contributed by atoms with Gasteiger partial charge in [0.15, 0.2) is 6.20 Å². The Morgan fingerprint density at radius 3 is 2.00 bits per heavy atom. The van der Waals surface area contributed by atoms with Crippen molar-refractivity contribution in [1.29, 1.82) is 0 Å². The van der Waals surface area contributed by atoms with Crippen LogP contribution in [0, 0.1) is 6.92 Å². The van der Waals surface area contributed by atoms with Crippen molar-refractivity contribution in [3.63, 3.8) is 0 Å². The molecular formula is C18H21F3N+. The number of alkyl halides is 3. The molecule has 1 aromatic carbocycles. The van der Waals surface area contributed by atoms with Gasteiger partial charge in [-0.2, -0.15) is 13.2 Å². The fourth-order valence-corrected chi connectivity index (χ4v) is 2.41. The van der Waals surface area contributed by atoms with Gasteiger partial charge in [-0.15, -0.1) is 0 Å². The van der Waals surface area contributed by atoms with Gasteiger partial charge in [0.25, 0.3) is 0 Å². The fraction of sp³-hybridized carbons (Fsp3) is 0.389. The first kappa shape index (κ1) is 16.5. The van der Waals surface area contributed by atoms with Gasteiger partial charge in [-0.05, 0) is 36.1 Å². The van der Waals surface area contributed by atoms with Gasteiger partial charge in [0.05, 0.1) is 5.56 Å². The van der Waals surface area contributed by atoms with E-state index in [4.69, 9.17) is 0 Å². The van der Waals surface area contributed by atoms with Crippen LogP contribution in [-0.2, 0) is 18.6 Å². The lowest BCUT2D eigenvalue weighted by Crippen LogP contribution is -2.33. The largest absolute Gasteiger partial charge is 0.416 e. The van der Waals surface area contributed by atoms with Crippen LogP contribution in [0.25, 0.3) is 11.3 Å². The van der Waals surface area contributed by atoms with E-state index in [0.717, 1.165) is 22.9 Å². The molecule has 0 bridgehead atoms. The highest BCUT2D eigenvalue weighted by molar-refractivity contribution is 5.62. The van der Waals surface area contributed by atoms with Gasteiger partial charge in [-0.25, -0.2) is 4.57 Å². The number of pyridine rings is 1. The summed E-state index contributed by atoms with van der Waals surface area (Å²) in [6.07, 6.45) is -2.35. The number of aromatic nitrogens is 1. The summed E-state index contributed by atoms with van der Waals surface area (Å²) in [7, 11) is 1.87. The van der Waals surface area contributed by atoms with Gasteiger partial charge in [0.2, 0.25) is 5.69 Å². The first-order chi connectivity index (χ1) is 10.00. The molecule has 1 heterocycles. The maximum Gasteiger partial charge on any atom is 0.416 e. The fourth-order valence-electron chi connectivity index (χ4n) is 2.41. The Bertz CT molecular complexity index is 694. The van der Waals surface area contributed by atoms with E-state index < -0.39 is 11.7 Å². The molecule has 2 rings (SSSR count). The topological polar surface area (TPSA) is 3.88 Å². The van der Waals surface area contributed by atoms with Crippen LogP contribution in [0.4, 0.5) is 13.2 Å². The maximum atomic E-state index is 12.9. The Hall–Kier alpha value is -1.84. The molecule has 0 aliphatic heterocycles. The quantitative estimate of drug-likeness (QED) is 0.666.